The number of carbonyl (C=O) groups is 3. The van der Waals surface area contributed by atoms with Crippen molar-refractivity contribution in [2.45, 2.75) is 239 Å². The Kier molecular flexibility index (Phi) is 43.0. The second-order valence-electron chi connectivity index (χ2n) is 15.7. The normalized spacial score (nSPS) is 12.4. The molecule has 6 heteroatoms. The lowest BCUT2D eigenvalue weighted by Gasteiger charge is -2.18. The Labute approximate surface area is 346 Å². The maximum atomic E-state index is 12.7. The molecule has 0 rings (SSSR count). The van der Waals surface area contributed by atoms with Crippen LogP contribution in [0.15, 0.2) is 48.6 Å². The van der Waals surface area contributed by atoms with Gasteiger partial charge in [0.05, 0.1) is 0 Å². The van der Waals surface area contributed by atoms with Gasteiger partial charge in [0.15, 0.2) is 6.10 Å². The van der Waals surface area contributed by atoms with Crippen LogP contribution in [0, 0.1) is 0 Å². The topological polar surface area (TPSA) is 78.9 Å². The predicted molar refractivity (Wildman–Crippen MR) is 238 cm³/mol. The van der Waals surface area contributed by atoms with Gasteiger partial charge in [0.2, 0.25) is 0 Å². The van der Waals surface area contributed by atoms with Gasteiger partial charge in [-0.2, -0.15) is 0 Å². The highest BCUT2D eigenvalue weighted by Crippen LogP contribution is 2.14. The molecule has 0 saturated heterocycles. The molecule has 1 atom stereocenters. The molecule has 6 nitrogen and oxygen atoms in total. The van der Waals surface area contributed by atoms with Crippen molar-refractivity contribution in [2.24, 2.45) is 0 Å². The lowest BCUT2D eigenvalue weighted by atomic mass is 10.1. The van der Waals surface area contributed by atoms with E-state index in [1.807, 2.05) is 0 Å². The third kappa shape index (κ3) is 42.5. The summed E-state index contributed by atoms with van der Waals surface area (Å²) in [5.74, 6) is -0.906. The van der Waals surface area contributed by atoms with Gasteiger partial charge in [-0.25, -0.2) is 0 Å². The molecule has 0 radical (unpaired) electrons. The first-order valence-corrected chi connectivity index (χ1v) is 23.6. The molecule has 0 aliphatic heterocycles. The summed E-state index contributed by atoms with van der Waals surface area (Å²) in [5, 5.41) is 0. The van der Waals surface area contributed by atoms with Crippen molar-refractivity contribution in [3.63, 3.8) is 0 Å². The Bertz CT molecular complexity index is 996. The fourth-order valence-corrected chi connectivity index (χ4v) is 6.45. The van der Waals surface area contributed by atoms with Crippen LogP contribution in [0.5, 0.6) is 0 Å². The zero-order valence-electron chi connectivity index (χ0n) is 36.9. The molecule has 0 aliphatic rings. The molecule has 0 saturated carbocycles. The second-order valence-corrected chi connectivity index (χ2v) is 15.7. The molecule has 0 heterocycles. The number of rotatable bonds is 42. The number of carbonyl (C=O) groups excluding carboxylic acids is 3. The van der Waals surface area contributed by atoms with Gasteiger partial charge in [0.25, 0.3) is 0 Å². The summed E-state index contributed by atoms with van der Waals surface area (Å²) < 4.78 is 16.7. The minimum absolute atomic E-state index is 0.0798. The van der Waals surface area contributed by atoms with Crippen molar-refractivity contribution >= 4 is 17.9 Å². The number of allylic oxidation sites excluding steroid dienone is 8. The van der Waals surface area contributed by atoms with E-state index in [1.165, 1.54) is 96.3 Å². The van der Waals surface area contributed by atoms with E-state index < -0.39 is 6.10 Å². The van der Waals surface area contributed by atoms with Crippen LogP contribution in [-0.4, -0.2) is 37.2 Å². The van der Waals surface area contributed by atoms with Gasteiger partial charge in [0, 0.05) is 19.3 Å². The average molecular weight is 785 g/mol. The minimum atomic E-state index is -0.777. The monoisotopic (exact) mass is 785 g/mol. The SMILES string of the molecule is CCC/C=C\CCCCCCCC(=O)OC(COC(=O)CCCCCCCC/C=C\C/C=C\C/C=C\CCCCC)COC(=O)CCCCCCCCCCC. The Hall–Kier alpha value is -2.63. The lowest BCUT2D eigenvalue weighted by Crippen LogP contribution is -2.30. The number of ether oxygens (including phenoxy) is 3. The Morgan fingerprint density at radius 1 is 0.357 bits per heavy atom. The van der Waals surface area contributed by atoms with Crippen molar-refractivity contribution in [3.8, 4) is 0 Å². The Morgan fingerprint density at radius 3 is 1.12 bits per heavy atom. The quantitative estimate of drug-likeness (QED) is 0.0265. The van der Waals surface area contributed by atoms with Crippen LogP contribution in [0.25, 0.3) is 0 Å². The van der Waals surface area contributed by atoms with Gasteiger partial charge in [-0.15, -0.1) is 0 Å². The van der Waals surface area contributed by atoms with Crippen LogP contribution in [-0.2, 0) is 28.6 Å². The minimum Gasteiger partial charge on any atom is -0.462 e. The van der Waals surface area contributed by atoms with Gasteiger partial charge in [-0.1, -0.05) is 185 Å². The molecule has 0 aromatic rings. The zero-order valence-corrected chi connectivity index (χ0v) is 36.9. The maximum Gasteiger partial charge on any atom is 0.306 e. The number of hydrogen-bond acceptors (Lipinski definition) is 6. The summed E-state index contributed by atoms with van der Waals surface area (Å²) in [5.41, 5.74) is 0. The van der Waals surface area contributed by atoms with Crippen LogP contribution in [0.2, 0.25) is 0 Å². The van der Waals surface area contributed by atoms with Crippen molar-refractivity contribution in [1.29, 1.82) is 0 Å². The zero-order chi connectivity index (χ0) is 40.8. The number of unbranched alkanes of at least 4 members (excludes halogenated alkanes) is 23. The van der Waals surface area contributed by atoms with Crippen molar-refractivity contribution < 1.29 is 28.6 Å². The predicted octanol–water partition coefficient (Wildman–Crippen LogP) is 15.1. The molecule has 0 aromatic carbocycles. The van der Waals surface area contributed by atoms with E-state index in [0.29, 0.717) is 19.3 Å². The van der Waals surface area contributed by atoms with E-state index in [4.69, 9.17) is 14.2 Å². The molecule has 1 unspecified atom stereocenters. The van der Waals surface area contributed by atoms with Crippen LogP contribution >= 0.6 is 0 Å². The molecule has 56 heavy (non-hydrogen) atoms. The van der Waals surface area contributed by atoms with Crippen molar-refractivity contribution in [1.82, 2.24) is 0 Å². The second kappa shape index (κ2) is 45.1. The van der Waals surface area contributed by atoms with Gasteiger partial charge in [-0.3, -0.25) is 14.4 Å². The number of hydrogen-bond donors (Lipinski definition) is 0. The summed E-state index contributed by atoms with van der Waals surface area (Å²) in [4.78, 5) is 37.7. The average Bonchev–Trinajstić information content (AvgIpc) is 3.19. The summed E-state index contributed by atoms with van der Waals surface area (Å²) in [7, 11) is 0. The third-order valence-corrected chi connectivity index (χ3v) is 10.0. The smallest absolute Gasteiger partial charge is 0.306 e. The molecule has 0 amide bonds. The molecule has 0 fully saturated rings. The van der Waals surface area contributed by atoms with Crippen LogP contribution < -0.4 is 0 Å². The Morgan fingerprint density at radius 2 is 0.679 bits per heavy atom. The molecular weight excluding hydrogens is 697 g/mol. The van der Waals surface area contributed by atoms with E-state index in [9.17, 15) is 14.4 Å². The summed E-state index contributed by atoms with van der Waals surface area (Å²) in [6.07, 6.45) is 52.4. The van der Waals surface area contributed by atoms with Gasteiger partial charge in [0.1, 0.15) is 13.2 Å². The standard InChI is InChI=1S/C50H88O6/c1-4-7-10-13-16-19-21-22-23-24-25-26-27-28-29-32-34-37-40-43-49(52)55-46-47(45-54-48(51)42-39-36-33-30-18-15-12-9-6-3)56-50(53)44-41-38-35-31-20-17-14-11-8-5-2/h11,14,16,19,22-23,25-26,47H,4-10,12-13,15,17-18,20-21,24,27-46H2,1-3H3/b14-11-,19-16-,23-22-,26-25-. The van der Waals surface area contributed by atoms with E-state index in [1.54, 1.807) is 0 Å². The molecule has 0 spiro atoms. The largest absolute Gasteiger partial charge is 0.462 e. The molecule has 0 aromatic heterocycles. The highest BCUT2D eigenvalue weighted by atomic mass is 16.6. The number of esters is 3. The molecule has 0 aliphatic carbocycles. The van der Waals surface area contributed by atoms with E-state index in [-0.39, 0.29) is 31.1 Å². The first-order valence-electron chi connectivity index (χ1n) is 23.6. The summed E-state index contributed by atoms with van der Waals surface area (Å²) in [6.45, 7) is 6.50. The third-order valence-electron chi connectivity index (χ3n) is 10.0. The van der Waals surface area contributed by atoms with E-state index in [0.717, 1.165) is 96.3 Å². The summed E-state index contributed by atoms with van der Waals surface area (Å²) >= 11 is 0. The first-order chi connectivity index (χ1) is 27.5. The van der Waals surface area contributed by atoms with Crippen molar-refractivity contribution in [2.75, 3.05) is 13.2 Å². The summed E-state index contributed by atoms with van der Waals surface area (Å²) in [6, 6.07) is 0. The Balaban J connectivity index is 4.30. The van der Waals surface area contributed by atoms with Gasteiger partial charge in [-0.05, 0) is 77.0 Å². The van der Waals surface area contributed by atoms with Crippen LogP contribution in [0.1, 0.15) is 233 Å². The van der Waals surface area contributed by atoms with Crippen LogP contribution in [0.3, 0.4) is 0 Å². The highest BCUT2D eigenvalue weighted by Gasteiger charge is 2.19. The van der Waals surface area contributed by atoms with Gasteiger partial charge >= 0.3 is 17.9 Å². The molecule has 324 valence electrons. The maximum absolute atomic E-state index is 12.7. The van der Waals surface area contributed by atoms with Crippen LogP contribution in [0.4, 0.5) is 0 Å². The highest BCUT2D eigenvalue weighted by molar-refractivity contribution is 5.71. The van der Waals surface area contributed by atoms with E-state index in [2.05, 4.69) is 69.4 Å². The fourth-order valence-electron chi connectivity index (χ4n) is 6.45. The van der Waals surface area contributed by atoms with Gasteiger partial charge < -0.3 is 14.2 Å². The first kappa shape index (κ1) is 53.4. The van der Waals surface area contributed by atoms with E-state index >= 15 is 0 Å². The molecular formula is C50H88O6. The molecule has 0 bridgehead atoms. The fraction of sp³-hybridized carbons (Fsp3) is 0.780. The van der Waals surface area contributed by atoms with Crippen molar-refractivity contribution in [3.05, 3.63) is 48.6 Å². The molecule has 0 N–H and O–H groups in total. The lowest BCUT2D eigenvalue weighted by molar-refractivity contribution is -0.167.